The van der Waals surface area contributed by atoms with E-state index in [1.54, 1.807) is 0 Å². The van der Waals surface area contributed by atoms with Gasteiger partial charge in [0.15, 0.2) is 12.2 Å². The number of hydrogen-bond donors (Lipinski definition) is 3. The van der Waals surface area contributed by atoms with Crippen molar-refractivity contribution in [2.75, 3.05) is 0 Å². The summed E-state index contributed by atoms with van der Waals surface area (Å²) in [6.45, 7) is 0. The van der Waals surface area contributed by atoms with Crippen molar-refractivity contribution >= 4 is 19.3 Å². The second-order valence-electron chi connectivity index (χ2n) is 2.07. The van der Waals surface area contributed by atoms with E-state index in [-0.39, 0.29) is 5.48 Å². The highest BCUT2D eigenvalue weighted by atomic mass is 16.7. The Morgan fingerprint density at radius 3 is 1.69 bits per heavy atom. The standard InChI is InChI=1S/C4H5BO7.H2O/c6-1-2(7)4(9)12-5(10)11-3(1)8;/h1-2,6-7,10H;1H2. The lowest BCUT2D eigenvalue weighted by atomic mass is 10.2. The molecule has 0 radical (unpaired) electrons. The first-order chi connectivity index (χ1) is 5.52. The van der Waals surface area contributed by atoms with Gasteiger partial charge < -0.3 is 30.0 Å². The van der Waals surface area contributed by atoms with E-state index in [9.17, 15) is 9.59 Å². The summed E-state index contributed by atoms with van der Waals surface area (Å²) in [5, 5.41) is 26.1. The third-order valence-electron chi connectivity index (χ3n) is 1.22. The van der Waals surface area contributed by atoms with Crippen molar-refractivity contribution in [2.24, 2.45) is 0 Å². The minimum absolute atomic E-state index is 0. The molecule has 0 amide bonds. The number of rotatable bonds is 0. The molecule has 13 heavy (non-hydrogen) atoms. The minimum Gasteiger partial charge on any atom is -0.472 e. The third kappa shape index (κ3) is 2.39. The van der Waals surface area contributed by atoms with Gasteiger partial charge >= 0.3 is 19.3 Å². The average Bonchev–Trinajstić information content (AvgIpc) is 2.05. The van der Waals surface area contributed by atoms with E-state index in [1.807, 2.05) is 0 Å². The van der Waals surface area contributed by atoms with E-state index in [2.05, 4.69) is 9.31 Å². The lowest BCUT2D eigenvalue weighted by Gasteiger charge is -2.07. The smallest absolute Gasteiger partial charge is 0.472 e. The van der Waals surface area contributed by atoms with Crippen molar-refractivity contribution in [3.05, 3.63) is 0 Å². The van der Waals surface area contributed by atoms with Gasteiger partial charge in [-0.3, -0.25) is 9.59 Å². The molecule has 8 nitrogen and oxygen atoms in total. The Bertz CT molecular complexity index is 194. The van der Waals surface area contributed by atoms with E-state index >= 15 is 0 Å². The van der Waals surface area contributed by atoms with Crippen molar-refractivity contribution in [3.8, 4) is 0 Å². The molecule has 0 aromatic rings. The van der Waals surface area contributed by atoms with E-state index in [0.29, 0.717) is 0 Å². The zero-order valence-electron chi connectivity index (χ0n) is 6.21. The first-order valence-corrected chi connectivity index (χ1v) is 2.97. The van der Waals surface area contributed by atoms with Crippen LogP contribution in [0.5, 0.6) is 0 Å². The summed E-state index contributed by atoms with van der Waals surface area (Å²) in [5.74, 6) is -2.64. The molecule has 1 aliphatic rings. The largest absolute Gasteiger partial charge is 0.789 e. The van der Waals surface area contributed by atoms with Crippen molar-refractivity contribution < 1.29 is 39.6 Å². The number of hydrogen-bond acceptors (Lipinski definition) is 7. The minimum atomic E-state index is -2.07. The van der Waals surface area contributed by atoms with Crippen LogP contribution in [0.15, 0.2) is 0 Å². The van der Waals surface area contributed by atoms with Gasteiger partial charge in [0.05, 0.1) is 0 Å². The Labute approximate surface area is 72.2 Å². The maximum Gasteiger partial charge on any atom is 0.789 e. The van der Waals surface area contributed by atoms with Gasteiger partial charge in [-0.2, -0.15) is 0 Å². The molecule has 0 saturated carbocycles. The summed E-state index contributed by atoms with van der Waals surface area (Å²) < 4.78 is 7.86. The predicted molar refractivity (Wildman–Crippen MR) is 35.8 cm³/mol. The Morgan fingerprint density at radius 1 is 1.08 bits per heavy atom. The van der Waals surface area contributed by atoms with Gasteiger partial charge in [-0.05, 0) is 0 Å². The molecule has 0 aromatic carbocycles. The van der Waals surface area contributed by atoms with Crippen LogP contribution in [0.25, 0.3) is 0 Å². The second-order valence-corrected chi connectivity index (χ2v) is 2.07. The molecule has 74 valence electrons. The quantitative estimate of drug-likeness (QED) is 0.332. The highest BCUT2D eigenvalue weighted by Gasteiger charge is 2.42. The molecule has 2 atom stereocenters. The Hall–Kier alpha value is -1.16. The van der Waals surface area contributed by atoms with Crippen LogP contribution in [0.2, 0.25) is 0 Å². The van der Waals surface area contributed by atoms with Gasteiger partial charge in [-0.1, -0.05) is 0 Å². The van der Waals surface area contributed by atoms with Crippen molar-refractivity contribution in [1.82, 2.24) is 0 Å². The van der Waals surface area contributed by atoms with E-state index in [0.717, 1.165) is 0 Å². The van der Waals surface area contributed by atoms with Crippen molar-refractivity contribution in [2.45, 2.75) is 12.2 Å². The molecular formula is C4H7BO8. The van der Waals surface area contributed by atoms with Crippen LogP contribution in [0, 0.1) is 0 Å². The summed E-state index contributed by atoms with van der Waals surface area (Å²) in [6, 6.07) is 0. The Morgan fingerprint density at radius 2 is 1.38 bits per heavy atom. The monoisotopic (exact) mass is 194 g/mol. The molecule has 0 aliphatic carbocycles. The summed E-state index contributed by atoms with van der Waals surface area (Å²) in [7, 11) is -2.07. The molecule has 2 unspecified atom stereocenters. The number of aliphatic hydroxyl groups is 2. The SMILES string of the molecule is O.O=C1OB(O)OC(=O)C(O)C1O. The summed E-state index contributed by atoms with van der Waals surface area (Å²) in [6.07, 6.45) is -4.04. The summed E-state index contributed by atoms with van der Waals surface area (Å²) in [5.41, 5.74) is 0. The van der Waals surface area contributed by atoms with Gasteiger partial charge in [-0.15, -0.1) is 0 Å². The van der Waals surface area contributed by atoms with Crippen LogP contribution in [0.4, 0.5) is 0 Å². The number of carbonyl (C=O) groups is 2. The topological polar surface area (TPSA) is 145 Å². The fourth-order valence-electron chi connectivity index (χ4n) is 0.620. The molecular weight excluding hydrogens is 187 g/mol. The van der Waals surface area contributed by atoms with Crippen molar-refractivity contribution in [1.29, 1.82) is 0 Å². The molecule has 1 heterocycles. The fraction of sp³-hybridized carbons (Fsp3) is 0.500. The lowest BCUT2D eigenvalue weighted by molar-refractivity contribution is -0.156. The highest BCUT2D eigenvalue weighted by Crippen LogP contribution is 2.06. The number of carbonyl (C=O) groups excluding carboxylic acids is 2. The first kappa shape index (κ1) is 11.8. The zero-order valence-corrected chi connectivity index (χ0v) is 6.21. The molecule has 0 bridgehead atoms. The van der Waals surface area contributed by atoms with Crippen LogP contribution in [-0.4, -0.2) is 52.2 Å². The fourth-order valence-corrected chi connectivity index (χ4v) is 0.620. The van der Waals surface area contributed by atoms with E-state index in [4.69, 9.17) is 15.2 Å². The Balaban J connectivity index is 0.00000144. The zero-order chi connectivity index (χ0) is 9.30. The second kappa shape index (κ2) is 4.19. The van der Waals surface area contributed by atoms with Crippen LogP contribution >= 0.6 is 0 Å². The van der Waals surface area contributed by atoms with Gasteiger partial charge in [0, 0.05) is 0 Å². The van der Waals surface area contributed by atoms with Gasteiger partial charge in [0.2, 0.25) is 0 Å². The maximum absolute atomic E-state index is 10.6. The summed E-state index contributed by atoms with van der Waals surface area (Å²) >= 11 is 0. The molecule has 1 aliphatic heterocycles. The first-order valence-electron chi connectivity index (χ1n) is 2.97. The van der Waals surface area contributed by atoms with E-state index < -0.39 is 31.5 Å². The van der Waals surface area contributed by atoms with Crippen LogP contribution in [0.1, 0.15) is 0 Å². The molecule has 1 saturated heterocycles. The van der Waals surface area contributed by atoms with Gasteiger partial charge in [-0.25, -0.2) is 0 Å². The number of aliphatic hydroxyl groups excluding tert-OH is 2. The van der Waals surface area contributed by atoms with Crippen LogP contribution in [-0.2, 0) is 18.9 Å². The molecule has 1 rings (SSSR count). The lowest BCUT2D eigenvalue weighted by Crippen LogP contribution is -2.38. The van der Waals surface area contributed by atoms with Gasteiger partial charge in [0.1, 0.15) is 0 Å². The molecule has 9 heteroatoms. The molecule has 0 spiro atoms. The normalized spacial score (nSPS) is 28.4. The van der Waals surface area contributed by atoms with Crippen molar-refractivity contribution in [3.63, 3.8) is 0 Å². The third-order valence-corrected chi connectivity index (χ3v) is 1.22. The maximum atomic E-state index is 10.6. The molecule has 1 fully saturated rings. The van der Waals surface area contributed by atoms with Crippen LogP contribution < -0.4 is 0 Å². The van der Waals surface area contributed by atoms with Crippen LogP contribution in [0.3, 0.4) is 0 Å². The predicted octanol–water partition coefficient (Wildman–Crippen LogP) is -4.04. The van der Waals surface area contributed by atoms with E-state index in [1.165, 1.54) is 0 Å². The molecule has 5 N–H and O–H groups in total. The highest BCUT2D eigenvalue weighted by molar-refractivity contribution is 6.41. The average molecular weight is 194 g/mol. The Kier molecular flexibility index (Phi) is 3.81. The summed E-state index contributed by atoms with van der Waals surface area (Å²) in [4.78, 5) is 21.1. The molecule has 0 aromatic heterocycles. The van der Waals surface area contributed by atoms with Gasteiger partial charge in [0.25, 0.3) is 0 Å².